The Hall–Kier alpha value is -2.12. The summed E-state index contributed by atoms with van der Waals surface area (Å²) in [6.45, 7) is 8.36. The molecule has 21 heavy (non-hydrogen) atoms. The Morgan fingerprint density at radius 3 is 2.19 bits per heavy atom. The van der Waals surface area contributed by atoms with Gasteiger partial charge in [-0.3, -0.25) is 0 Å². The van der Waals surface area contributed by atoms with Gasteiger partial charge in [0.2, 0.25) is 0 Å². The predicted octanol–water partition coefficient (Wildman–Crippen LogP) is 4.87. The summed E-state index contributed by atoms with van der Waals surface area (Å²) < 4.78 is 6.30. The van der Waals surface area contributed by atoms with Crippen LogP contribution in [0.2, 0.25) is 0 Å². The van der Waals surface area contributed by atoms with E-state index in [1.54, 1.807) is 0 Å². The molecule has 1 aliphatic rings. The van der Waals surface area contributed by atoms with Crippen LogP contribution in [0.25, 0.3) is 0 Å². The number of hydrogen-bond donors (Lipinski definition) is 0. The molecule has 1 heterocycles. The van der Waals surface area contributed by atoms with E-state index in [2.05, 4.69) is 61.7 Å². The van der Waals surface area contributed by atoms with Gasteiger partial charge < -0.3 is 4.74 Å². The van der Waals surface area contributed by atoms with Crippen molar-refractivity contribution in [3.05, 3.63) is 96.1 Å². The lowest BCUT2D eigenvalue weighted by Gasteiger charge is -2.34. The summed E-state index contributed by atoms with van der Waals surface area (Å²) in [5.74, 6) is 0. The number of rotatable bonds is 3. The van der Waals surface area contributed by atoms with Gasteiger partial charge in [0, 0.05) is 12.8 Å². The highest BCUT2D eigenvalue weighted by molar-refractivity contribution is 5.36. The van der Waals surface area contributed by atoms with Crippen LogP contribution in [0.3, 0.4) is 0 Å². The molecule has 0 amide bonds. The molecule has 2 aromatic rings. The first-order valence-electron chi connectivity index (χ1n) is 7.35. The third kappa shape index (κ3) is 3.14. The number of benzene rings is 2. The van der Waals surface area contributed by atoms with Crippen LogP contribution in [0.5, 0.6) is 0 Å². The molecule has 0 aromatic heterocycles. The average Bonchev–Trinajstić information content (AvgIpc) is 2.53. The van der Waals surface area contributed by atoms with E-state index in [-0.39, 0.29) is 12.2 Å². The maximum Gasteiger partial charge on any atom is 0.0873 e. The third-order valence-corrected chi connectivity index (χ3v) is 4.04. The molecule has 0 N–H and O–H groups in total. The Morgan fingerprint density at radius 1 is 0.905 bits per heavy atom. The van der Waals surface area contributed by atoms with Crippen LogP contribution in [-0.4, -0.2) is 6.10 Å². The van der Waals surface area contributed by atoms with Gasteiger partial charge in [-0.2, -0.15) is 0 Å². The smallest absolute Gasteiger partial charge is 0.0873 e. The summed E-state index contributed by atoms with van der Waals surface area (Å²) in [5, 5.41) is 0. The van der Waals surface area contributed by atoms with E-state index in [0.717, 1.165) is 24.0 Å². The quantitative estimate of drug-likeness (QED) is 0.777. The minimum absolute atomic E-state index is 0.0128. The lowest BCUT2D eigenvalue weighted by Crippen LogP contribution is -2.27. The van der Waals surface area contributed by atoms with E-state index in [9.17, 15) is 0 Å². The molecule has 0 spiro atoms. The molecular formula is C20H20O. The molecule has 1 fully saturated rings. The first-order chi connectivity index (χ1) is 10.2. The summed E-state index contributed by atoms with van der Waals surface area (Å²) >= 11 is 0. The first-order valence-corrected chi connectivity index (χ1v) is 7.35. The van der Waals surface area contributed by atoms with Gasteiger partial charge in [-0.1, -0.05) is 73.8 Å². The van der Waals surface area contributed by atoms with Crippen molar-refractivity contribution in [2.45, 2.75) is 25.0 Å². The Labute approximate surface area is 126 Å². The molecule has 1 aliphatic heterocycles. The topological polar surface area (TPSA) is 9.23 Å². The van der Waals surface area contributed by atoms with Gasteiger partial charge in [0.25, 0.3) is 0 Å². The Balaban J connectivity index is 1.79. The normalized spacial score (nSPS) is 22.3. The fourth-order valence-electron chi connectivity index (χ4n) is 2.77. The molecule has 0 radical (unpaired) electrons. The van der Waals surface area contributed by atoms with Crippen molar-refractivity contribution in [1.82, 2.24) is 0 Å². The zero-order chi connectivity index (χ0) is 14.7. The summed E-state index contributed by atoms with van der Waals surface area (Å²) in [6, 6.07) is 20.8. The SMILES string of the molecule is C=C1C[C@@H](c2ccccc2)O[C@@H](Cc2ccccc2)C1=C. The van der Waals surface area contributed by atoms with E-state index in [1.807, 2.05) is 12.1 Å². The summed E-state index contributed by atoms with van der Waals surface area (Å²) in [7, 11) is 0. The van der Waals surface area contributed by atoms with Crippen molar-refractivity contribution in [3.8, 4) is 0 Å². The van der Waals surface area contributed by atoms with Gasteiger partial charge in [0.1, 0.15) is 0 Å². The van der Waals surface area contributed by atoms with Crippen LogP contribution < -0.4 is 0 Å². The highest BCUT2D eigenvalue weighted by Gasteiger charge is 2.28. The Kier molecular flexibility index (Phi) is 4.03. The van der Waals surface area contributed by atoms with Gasteiger partial charge in [0.05, 0.1) is 12.2 Å². The van der Waals surface area contributed by atoms with E-state index in [4.69, 9.17) is 4.74 Å². The van der Waals surface area contributed by atoms with Crippen molar-refractivity contribution >= 4 is 0 Å². The van der Waals surface area contributed by atoms with Gasteiger partial charge in [-0.25, -0.2) is 0 Å². The standard InChI is InChI=1S/C20H20O/c1-15-13-20(18-11-7-4-8-12-18)21-19(16(15)2)14-17-9-5-3-6-10-17/h3-12,19-20H,1-2,13-14H2/t19-,20-/m0/s1. The minimum atomic E-state index is 0.0128. The molecule has 1 nitrogen and oxygen atoms in total. The average molecular weight is 276 g/mol. The largest absolute Gasteiger partial charge is 0.365 e. The van der Waals surface area contributed by atoms with Crippen LogP contribution >= 0.6 is 0 Å². The van der Waals surface area contributed by atoms with Crippen molar-refractivity contribution in [1.29, 1.82) is 0 Å². The van der Waals surface area contributed by atoms with E-state index in [1.165, 1.54) is 11.1 Å². The lowest BCUT2D eigenvalue weighted by atomic mass is 9.89. The van der Waals surface area contributed by atoms with Crippen molar-refractivity contribution in [2.24, 2.45) is 0 Å². The van der Waals surface area contributed by atoms with Crippen molar-refractivity contribution < 1.29 is 4.74 Å². The zero-order valence-corrected chi connectivity index (χ0v) is 12.2. The maximum atomic E-state index is 6.30. The van der Waals surface area contributed by atoms with E-state index in [0.29, 0.717) is 0 Å². The molecule has 1 saturated heterocycles. The van der Waals surface area contributed by atoms with Gasteiger partial charge >= 0.3 is 0 Å². The molecule has 0 bridgehead atoms. The summed E-state index contributed by atoms with van der Waals surface area (Å²) in [6.07, 6.45) is 1.77. The molecule has 2 atom stereocenters. The Bertz CT molecular complexity index is 627. The fourth-order valence-corrected chi connectivity index (χ4v) is 2.77. The third-order valence-electron chi connectivity index (χ3n) is 4.04. The molecule has 106 valence electrons. The molecular weight excluding hydrogens is 256 g/mol. The molecule has 1 heteroatoms. The first kappa shape index (κ1) is 13.8. The van der Waals surface area contributed by atoms with Crippen LogP contribution in [0.1, 0.15) is 23.7 Å². The van der Waals surface area contributed by atoms with Crippen molar-refractivity contribution in [2.75, 3.05) is 0 Å². The van der Waals surface area contributed by atoms with E-state index < -0.39 is 0 Å². The Morgan fingerprint density at radius 2 is 1.52 bits per heavy atom. The van der Waals surface area contributed by atoms with E-state index >= 15 is 0 Å². The number of ether oxygens (including phenoxy) is 1. The molecule has 2 aromatic carbocycles. The monoisotopic (exact) mass is 276 g/mol. The summed E-state index contributed by atoms with van der Waals surface area (Å²) in [5.41, 5.74) is 4.62. The van der Waals surface area contributed by atoms with Crippen LogP contribution in [0.4, 0.5) is 0 Å². The van der Waals surface area contributed by atoms with Gasteiger partial charge in [-0.05, 0) is 22.3 Å². The van der Waals surface area contributed by atoms with Crippen molar-refractivity contribution in [3.63, 3.8) is 0 Å². The molecule has 0 saturated carbocycles. The fraction of sp³-hybridized carbons (Fsp3) is 0.200. The molecule has 0 aliphatic carbocycles. The van der Waals surface area contributed by atoms with Crippen LogP contribution in [0.15, 0.2) is 85.0 Å². The second-order valence-electron chi connectivity index (χ2n) is 5.55. The predicted molar refractivity (Wildman–Crippen MR) is 87.1 cm³/mol. The second-order valence-corrected chi connectivity index (χ2v) is 5.55. The minimum Gasteiger partial charge on any atom is -0.365 e. The van der Waals surface area contributed by atoms with Crippen LogP contribution in [0, 0.1) is 0 Å². The van der Waals surface area contributed by atoms with Gasteiger partial charge in [0.15, 0.2) is 0 Å². The highest BCUT2D eigenvalue weighted by Crippen LogP contribution is 2.37. The highest BCUT2D eigenvalue weighted by atomic mass is 16.5. The van der Waals surface area contributed by atoms with Gasteiger partial charge in [-0.15, -0.1) is 0 Å². The molecule has 0 unspecified atom stereocenters. The molecule has 3 rings (SSSR count). The van der Waals surface area contributed by atoms with Crippen LogP contribution in [-0.2, 0) is 11.2 Å². The second kappa shape index (κ2) is 6.11. The number of hydrogen-bond acceptors (Lipinski definition) is 1. The lowest BCUT2D eigenvalue weighted by molar-refractivity contribution is -0.00590. The summed E-state index contributed by atoms with van der Waals surface area (Å²) in [4.78, 5) is 0. The zero-order valence-electron chi connectivity index (χ0n) is 12.2. The maximum absolute atomic E-state index is 6.30.